The normalized spacial score (nSPS) is 13.0. The van der Waals surface area contributed by atoms with Crippen LogP contribution in [-0.2, 0) is 14.3 Å². The van der Waals surface area contributed by atoms with Gasteiger partial charge in [-0.25, -0.2) is 4.79 Å². The molecule has 0 radical (unpaired) electrons. The first kappa shape index (κ1) is 18.9. The molecule has 1 aliphatic rings. The fraction of sp³-hybridized carbons (Fsp3) is 0.250. The molecule has 0 atom stereocenters. The molecule has 0 unspecified atom stereocenters. The Hall–Kier alpha value is -2.86. The molecule has 1 saturated carbocycles. The number of esters is 1. The lowest BCUT2D eigenvalue weighted by atomic mass is 10.2. The van der Waals surface area contributed by atoms with Crippen molar-refractivity contribution in [3.8, 4) is 0 Å². The number of hydrogen-bond acceptors (Lipinski definition) is 4. The Bertz CT molecular complexity index is 876. The third-order valence-corrected chi connectivity index (χ3v) is 4.53. The SMILES string of the molecule is Cc1ccc(NC(=O)COC(=O)c2ccc(NC(=O)C3CC3)cc2)cc1Cl. The number of rotatable bonds is 6. The number of nitrogens with one attached hydrogen (secondary N) is 2. The smallest absolute Gasteiger partial charge is 0.338 e. The molecule has 2 aromatic rings. The van der Waals surface area contributed by atoms with Crippen molar-refractivity contribution in [1.29, 1.82) is 0 Å². The first-order valence-corrected chi connectivity index (χ1v) is 8.94. The van der Waals surface area contributed by atoms with E-state index in [0.717, 1.165) is 18.4 Å². The van der Waals surface area contributed by atoms with Crippen molar-refractivity contribution < 1.29 is 19.1 Å². The maximum Gasteiger partial charge on any atom is 0.338 e. The van der Waals surface area contributed by atoms with E-state index in [4.69, 9.17) is 16.3 Å². The Balaban J connectivity index is 1.48. The van der Waals surface area contributed by atoms with Gasteiger partial charge in [0.25, 0.3) is 5.91 Å². The molecule has 27 heavy (non-hydrogen) atoms. The molecule has 2 N–H and O–H groups in total. The van der Waals surface area contributed by atoms with Crippen LogP contribution in [0.15, 0.2) is 42.5 Å². The van der Waals surface area contributed by atoms with Crippen molar-refractivity contribution in [2.45, 2.75) is 19.8 Å². The number of carbonyl (C=O) groups is 3. The van der Waals surface area contributed by atoms with Crippen molar-refractivity contribution in [2.24, 2.45) is 5.92 Å². The van der Waals surface area contributed by atoms with Gasteiger partial charge in [-0.3, -0.25) is 9.59 Å². The number of amides is 2. The number of aryl methyl sites for hydroxylation is 1. The Morgan fingerprint density at radius 1 is 1.04 bits per heavy atom. The molecule has 6 nitrogen and oxygen atoms in total. The number of hydrogen-bond donors (Lipinski definition) is 2. The van der Waals surface area contributed by atoms with Gasteiger partial charge in [0, 0.05) is 22.3 Å². The van der Waals surface area contributed by atoms with Gasteiger partial charge in [-0.2, -0.15) is 0 Å². The minimum atomic E-state index is -0.618. The van der Waals surface area contributed by atoms with E-state index in [2.05, 4.69) is 10.6 Å². The second-order valence-electron chi connectivity index (χ2n) is 6.43. The maximum absolute atomic E-state index is 12.0. The second kappa shape index (κ2) is 8.22. The van der Waals surface area contributed by atoms with Crippen LogP contribution in [0.5, 0.6) is 0 Å². The molecule has 0 aromatic heterocycles. The van der Waals surface area contributed by atoms with E-state index in [1.807, 2.05) is 6.92 Å². The van der Waals surface area contributed by atoms with E-state index in [1.54, 1.807) is 42.5 Å². The Morgan fingerprint density at radius 3 is 2.33 bits per heavy atom. The predicted molar refractivity (Wildman–Crippen MR) is 103 cm³/mol. The third kappa shape index (κ3) is 5.31. The van der Waals surface area contributed by atoms with Crippen LogP contribution >= 0.6 is 11.6 Å². The lowest BCUT2D eigenvalue weighted by molar-refractivity contribution is -0.119. The molecular weight excluding hydrogens is 368 g/mol. The summed E-state index contributed by atoms with van der Waals surface area (Å²) in [6.07, 6.45) is 1.85. The van der Waals surface area contributed by atoms with Gasteiger partial charge in [0.15, 0.2) is 6.61 Å². The van der Waals surface area contributed by atoms with E-state index in [0.29, 0.717) is 22.0 Å². The quantitative estimate of drug-likeness (QED) is 0.739. The van der Waals surface area contributed by atoms with Gasteiger partial charge in [-0.05, 0) is 61.7 Å². The van der Waals surface area contributed by atoms with Crippen molar-refractivity contribution in [2.75, 3.05) is 17.2 Å². The second-order valence-corrected chi connectivity index (χ2v) is 6.84. The van der Waals surface area contributed by atoms with Gasteiger partial charge in [-0.15, -0.1) is 0 Å². The number of benzene rings is 2. The summed E-state index contributed by atoms with van der Waals surface area (Å²) in [5.41, 5.74) is 2.35. The predicted octanol–water partition coefficient (Wildman–Crippen LogP) is 3.79. The molecule has 0 spiro atoms. The molecule has 3 rings (SSSR count). The molecule has 1 fully saturated rings. The number of ether oxygens (including phenoxy) is 1. The zero-order chi connectivity index (χ0) is 19.4. The van der Waals surface area contributed by atoms with Crippen molar-refractivity contribution in [1.82, 2.24) is 0 Å². The minimum absolute atomic E-state index is 0.00166. The van der Waals surface area contributed by atoms with Crippen LogP contribution in [0, 0.1) is 12.8 Å². The standard InChI is InChI=1S/C20H19ClN2O4/c1-12-2-7-16(10-17(12)21)22-18(24)11-27-20(26)14-5-8-15(9-6-14)23-19(25)13-3-4-13/h2,5-10,13H,3-4,11H2,1H3,(H,22,24)(H,23,25). The monoisotopic (exact) mass is 386 g/mol. The van der Waals surface area contributed by atoms with Crippen molar-refractivity contribution in [3.63, 3.8) is 0 Å². The van der Waals surface area contributed by atoms with Gasteiger partial charge < -0.3 is 15.4 Å². The number of anilines is 2. The van der Waals surface area contributed by atoms with Gasteiger partial charge in [0.05, 0.1) is 5.56 Å². The van der Waals surface area contributed by atoms with E-state index in [9.17, 15) is 14.4 Å². The molecule has 0 saturated heterocycles. The van der Waals surface area contributed by atoms with Crippen LogP contribution < -0.4 is 10.6 Å². The van der Waals surface area contributed by atoms with Crippen LogP contribution in [0.3, 0.4) is 0 Å². The summed E-state index contributed by atoms with van der Waals surface area (Å²) in [6, 6.07) is 11.5. The highest BCUT2D eigenvalue weighted by Crippen LogP contribution is 2.30. The van der Waals surface area contributed by atoms with Gasteiger partial charge in [0.2, 0.25) is 5.91 Å². The van der Waals surface area contributed by atoms with E-state index in [-0.39, 0.29) is 11.8 Å². The Kier molecular flexibility index (Phi) is 5.76. The average molecular weight is 387 g/mol. The van der Waals surface area contributed by atoms with Gasteiger partial charge in [-0.1, -0.05) is 17.7 Å². The van der Waals surface area contributed by atoms with Crippen LogP contribution in [0.4, 0.5) is 11.4 Å². The third-order valence-electron chi connectivity index (χ3n) is 4.13. The fourth-order valence-electron chi connectivity index (χ4n) is 2.36. The number of halogens is 1. The van der Waals surface area contributed by atoms with Crippen molar-refractivity contribution >= 4 is 40.8 Å². The summed E-state index contributed by atoms with van der Waals surface area (Å²) >= 11 is 6.01. The molecule has 140 valence electrons. The Labute approximate surface area is 161 Å². The van der Waals surface area contributed by atoms with Crippen LogP contribution in [-0.4, -0.2) is 24.4 Å². The van der Waals surface area contributed by atoms with E-state index >= 15 is 0 Å². The minimum Gasteiger partial charge on any atom is -0.452 e. The van der Waals surface area contributed by atoms with Crippen LogP contribution in [0.2, 0.25) is 5.02 Å². The van der Waals surface area contributed by atoms with Crippen LogP contribution in [0.1, 0.15) is 28.8 Å². The largest absolute Gasteiger partial charge is 0.452 e. The first-order valence-electron chi connectivity index (χ1n) is 8.56. The number of carbonyl (C=O) groups excluding carboxylic acids is 3. The highest BCUT2D eigenvalue weighted by Gasteiger charge is 2.29. The van der Waals surface area contributed by atoms with Gasteiger partial charge >= 0.3 is 5.97 Å². The molecule has 2 aromatic carbocycles. The topological polar surface area (TPSA) is 84.5 Å². The van der Waals surface area contributed by atoms with Crippen LogP contribution in [0.25, 0.3) is 0 Å². The summed E-state index contributed by atoms with van der Waals surface area (Å²) in [7, 11) is 0. The lowest BCUT2D eigenvalue weighted by Crippen LogP contribution is -2.21. The molecule has 0 bridgehead atoms. The lowest BCUT2D eigenvalue weighted by Gasteiger charge is -2.08. The molecule has 0 aliphatic heterocycles. The summed E-state index contributed by atoms with van der Waals surface area (Å²) in [4.78, 5) is 35.7. The fourth-order valence-corrected chi connectivity index (χ4v) is 2.54. The summed E-state index contributed by atoms with van der Waals surface area (Å²) in [6.45, 7) is 1.45. The molecule has 1 aliphatic carbocycles. The summed E-state index contributed by atoms with van der Waals surface area (Å²) < 4.78 is 5.01. The molecule has 0 heterocycles. The molecule has 2 amide bonds. The zero-order valence-electron chi connectivity index (χ0n) is 14.8. The summed E-state index contributed by atoms with van der Waals surface area (Å²) in [5.74, 6) is -0.974. The maximum atomic E-state index is 12.0. The zero-order valence-corrected chi connectivity index (χ0v) is 15.5. The van der Waals surface area contributed by atoms with E-state index < -0.39 is 18.5 Å². The molecule has 7 heteroatoms. The van der Waals surface area contributed by atoms with Crippen molar-refractivity contribution in [3.05, 3.63) is 58.6 Å². The average Bonchev–Trinajstić information content (AvgIpc) is 3.49. The molecular formula is C20H19ClN2O4. The van der Waals surface area contributed by atoms with Gasteiger partial charge in [0.1, 0.15) is 0 Å². The Morgan fingerprint density at radius 2 is 1.70 bits per heavy atom. The first-order chi connectivity index (χ1) is 12.9. The van der Waals surface area contributed by atoms with E-state index in [1.165, 1.54) is 0 Å². The highest BCUT2D eigenvalue weighted by molar-refractivity contribution is 6.31. The summed E-state index contributed by atoms with van der Waals surface area (Å²) in [5, 5.41) is 5.95. The highest BCUT2D eigenvalue weighted by atomic mass is 35.5.